The summed E-state index contributed by atoms with van der Waals surface area (Å²) in [6.45, 7) is 4.12. The van der Waals surface area contributed by atoms with Crippen LogP contribution >= 0.6 is 15.9 Å². The van der Waals surface area contributed by atoms with Gasteiger partial charge in [0, 0.05) is 30.7 Å². The van der Waals surface area contributed by atoms with Crippen LogP contribution in [0, 0.1) is 0 Å². The molecule has 1 N–H and O–H groups in total. The summed E-state index contributed by atoms with van der Waals surface area (Å²) in [5, 5.41) is 3.19. The summed E-state index contributed by atoms with van der Waals surface area (Å²) in [6, 6.07) is 15.5. The van der Waals surface area contributed by atoms with Crippen molar-refractivity contribution in [3.05, 3.63) is 69.2 Å². The van der Waals surface area contributed by atoms with Gasteiger partial charge in [0.2, 0.25) is 0 Å². The van der Waals surface area contributed by atoms with Crippen molar-refractivity contribution >= 4 is 15.9 Å². The van der Waals surface area contributed by atoms with Gasteiger partial charge in [-0.05, 0) is 41.8 Å². The molecular weight excluding hydrogens is 324 g/mol. The van der Waals surface area contributed by atoms with Crippen LogP contribution in [0.2, 0.25) is 0 Å². The van der Waals surface area contributed by atoms with Gasteiger partial charge in [0.25, 0.3) is 0 Å². The molecule has 0 saturated heterocycles. The first-order valence-electron chi connectivity index (χ1n) is 7.47. The van der Waals surface area contributed by atoms with Crippen LogP contribution < -0.4 is 5.32 Å². The van der Waals surface area contributed by atoms with Crippen molar-refractivity contribution in [2.75, 3.05) is 13.6 Å². The average molecular weight is 345 g/mol. The van der Waals surface area contributed by atoms with E-state index in [-0.39, 0.29) is 0 Å². The minimum absolute atomic E-state index is 0.913. The van der Waals surface area contributed by atoms with Gasteiger partial charge in [-0.15, -0.1) is 0 Å². The van der Waals surface area contributed by atoms with E-state index in [9.17, 15) is 0 Å². The molecular formula is C18H21BrN2. The number of fused-ring (bicyclic) bond motifs is 1. The monoisotopic (exact) mass is 344 g/mol. The number of rotatable bonds is 4. The number of benzene rings is 2. The molecule has 0 fully saturated rings. The van der Waals surface area contributed by atoms with Gasteiger partial charge in [-0.3, -0.25) is 4.90 Å². The standard InChI is InChI=1S/C18H21BrN2/c1-20-11-14-6-7-17(18(19)10-14)13-21-9-8-15-4-2-3-5-16(15)12-21/h2-7,10,20H,8-9,11-13H2,1H3. The molecule has 3 rings (SSSR count). The Kier molecular flexibility index (Phi) is 4.73. The molecule has 1 aliphatic heterocycles. The molecule has 21 heavy (non-hydrogen) atoms. The van der Waals surface area contributed by atoms with Gasteiger partial charge >= 0.3 is 0 Å². The van der Waals surface area contributed by atoms with Crippen molar-refractivity contribution in [3.8, 4) is 0 Å². The zero-order valence-corrected chi connectivity index (χ0v) is 14.0. The van der Waals surface area contributed by atoms with E-state index >= 15 is 0 Å². The van der Waals surface area contributed by atoms with Gasteiger partial charge in [0.1, 0.15) is 0 Å². The molecule has 0 amide bonds. The lowest BCUT2D eigenvalue weighted by molar-refractivity contribution is 0.245. The normalized spacial score (nSPS) is 15.0. The van der Waals surface area contributed by atoms with Crippen LogP contribution in [-0.2, 0) is 26.1 Å². The van der Waals surface area contributed by atoms with Crippen LogP contribution in [0.3, 0.4) is 0 Å². The molecule has 0 bridgehead atoms. The van der Waals surface area contributed by atoms with E-state index in [1.54, 1.807) is 0 Å². The first kappa shape index (κ1) is 14.8. The maximum absolute atomic E-state index is 3.72. The summed E-state index contributed by atoms with van der Waals surface area (Å²) in [5.74, 6) is 0. The van der Waals surface area contributed by atoms with Gasteiger partial charge in [-0.2, -0.15) is 0 Å². The molecule has 2 aromatic rings. The largest absolute Gasteiger partial charge is 0.316 e. The Morgan fingerprint density at radius 2 is 1.95 bits per heavy atom. The molecule has 110 valence electrons. The second kappa shape index (κ2) is 6.73. The second-order valence-corrected chi connectivity index (χ2v) is 6.54. The van der Waals surface area contributed by atoms with Crippen molar-refractivity contribution < 1.29 is 0 Å². The van der Waals surface area contributed by atoms with Gasteiger partial charge in [-0.25, -0.2) is 0 Å². The lowest BCUT2D eigenvalue weighted by atomic mass is 9.99. The van der Waals surface area contributed by atoms with Crippen LogP contribution in [0.15, 0.2) is 46.9 Å². The Balaban J connectivity index is 1.70. The molecule has 0 radical (unpaired) electrons. The zero-order valence-electron chi connectivity index (χ0n) is 12.4. The average Bonchev–Trinajstić information content (AvgIpc) is 2.50. The Labute approximate surface area is 135 Å². The Bertz CT molecular complexity index is 624. The van der Waals surface area contributed by atoms with E-state index < -0.39 is 0 Å². The van der Waals surface area contributed by atoms with Crippen LogP contribution in [0.4, 0.5) is 0 Å². The highest BCUT2D eigenvalue weighted by Gasteiger charge is 2.16. The molecule has 0 spiro atoms. The smallest absolute Gasteiger partial charge is 0.0248 e. The molecule has 0 aliphatic carbocycles. The van der Waals surface area contributed by atoms with Crippen molar-refractivity contribution in [1.82, 2.24) is 10.2 Å². The minimum Gasteiger partial charge on any atom is -0.316 e. The van der Waals surface area contributed by atoms with E-state index in [0.29, 0.717) is 0 Å². The third kappa shape index (κ3) is 3.54. The highest BCUT2D eigenvalue weighted by molar-refractivity contribution is 9.10. The van der Waals surface area contributed by atoms with E-state index in [4.69, 9.17) is 0 Å². The molecule has 2 aromatic carbocycles. The molecule has 0 unspecified atom stereocenters. The number of nitrogens with one attached hydrogen (secondary N) is 1. The van der Waals surface area contributed by atoms with Crippen LogP contribution in [0.1, 0.15) is 22.3 Å². The number of hydrogen-bond acceptors (Lipinski definition) is 2. The predicted octanol–water partition coefficient (Wildman–Crippen LogP) is 3.73. The zero-order chi connectivity index (χ0) is 14.7. The van der Waals surface area contributed by atoms with Crippen LogP contribution in [0.5, 0.6) is 0 Å². The quantitative estimate of drug-likeness (QED) is 0.909. The minimum atomic E-state index is 0.913. The molecule has 1 aliphatic rings. The van der Waals surface area contributed by atoms with Gasteiger partial charge in [0.05, 0.1) is 0 Å². The Morgan fingerprint density at radius 1 is 1.14 bits per heavy atom. The van der Waals surface area contributed by atoms with E-state index in [2.05, 4.69) is 68.6 Å². The first-order chi connectivity index (χ1) is 10.3. The molecule has 0 saturated carbocycles. The fourth-order valence-electron chi connectivity index (χ4n) is 2.96. The van der Waals surface area contributed by atoms with E-state index in [1.165, 1.54) is 26.7 Å². The summed E-state index contributed by atoms with van der Waals surface area (Å²) >= 11 is 3.72. The van der Waals surface area contributed by atoms with Crippen molar-refractivity contribution in [2.24, 2.45) is 0 Å². The maximum Gasteiger partial charge on any atom is 0.0248 e. The number of hydrogen-bond donors (Lipinski definition) is 1. The van der Waals surface area contributed by atoms with E-state index in [1.807, 2.05) is 7.05 Å². The van der Waals surface area contributed by atoms with Gasteiger partial charge in [0.15, 0.2) is 0 Å². The third-order valence-corrected chi connectivity index (χ3v) is 4.84. The summed E-state index contributed by atoms with van der Waals surface area (Å²) in [4.78, 5) is 2.53. The third-order valence-electron chi connectivity index (χ3n) is 4.10. The Morgan fingerprint density at radius 3 is 2.71 bits per heavy atom. The maximum atomic E-state index is 3.72. The fraction of sp³-hybridized carbons (Fsp3) is 0.333. The molecule has 2 nitrogen and oxygen atoms in total. The first-order valence-corrected chi connectivity index (χ1v) is 8.26. The highest BCUT2D eigenvalue weighted by Crippen LogP contribution is 2.24. The van der Waals surface area contributed by atoms with E-state index in [0.717, 1.165) is 32.6 Å². The van der Waals surface area contributed by atoms with Crippen LogP contribution in [0.25, 0.3) is 0 Å². The summed E-state index contributed by atoms with van der Waals surface area (Å²) in [7, 11) is 1.98. The van der Waals surface area contributed by atoms with Crippen molar-refractivity contribution in [2.45, 2.75) is 26.1 Å². The van der Waals surface area contributed by atoms with Gasteiger partial charge < -0.3 is 5.32 Å². The lowest BCUT2D eigenvalue weighted by Crippen LogP contribution is -2.30. The lowest BCUT2D eigenvalue weighted by Gasteiger charge is -2.29. The molecule has 3 heteroatoms. The van der Waals surface area contributed by atoms with Crippen molar-refractivity contribution in [3.63, 3.8) is 0 Å². The summed E-state index contributed by atoms with van der Waals surface area (Å²) in [6.07, 6.45) is 1.16. The molecule has 0 aromatic heterocycles. The highest BCUT2D eigenvalue weighted by atomic mass is 79.9. The fourth-order valence-corrected chi connectivity index (χ4v) is 3.51. The Hall–Kier alpha value is -1.16. The predicted molar refractivity (Wildman–Crippen MR) is 91.2 cm³/mol. The second-order valence-electron chi connectivity index (χ2n) is 5.69. The summed E-state index contributed by atoms with van der Waals surface area (Å²) in [5.41, 5.74) is 5.68. The number of halogens is 1. The molecule has 0 atom stereocenters. The van der Waals surface area contributed by atoms with Crippen LogP contribution in [-0.4, -0.2) is 18.5 Å². The van der Waals surface area contributed by atoms with Gasteiger partial charge in [-0.1, -0.05) is 52.3 Å². The van der Waals surface area contributed by atoms with Crippen molar-refractivity contribution in [1.29, 1.82) is 0 Å². The number of nitrogens with zero attached hydrogens (tertiary/aromatic N) is 1. The summed E-state index contributed by atoms with van der Waals surface area (Å²) < 4.78 is 1.22. The SMILES string of the molecule is CNCc1ccc(CN2CCc3ccccc3C2)c(Br)c1. The molecule has 1 heterocycles. The topological polar surface area (TPSA) is 15.3 Å².